The molecule has 0 N–H and O–H groups in total. The highest BCUT2D eigenvalue weighted by Gasteiger charge is 2.20. The van der Waals surface area contributed by atoms with Crippen molar-refractivity contribution in [1.29, 1.82) is 0 Å². The third-order valence-corrected chi connectivity index (χ3v) is 4.12. The van der Waals surface area contributed by atoms with E-state index in [2.05, 4.69) is 0 Å². The molecule has 0 unspecified atom stereocenters. The van der Waals surface area contributed by atoms with E-state index in [9.17, 15) is 13.6 Å². The van der Waals surface area contributed by atoms with Crippen LogP contribution in [0.15, 0.2) is 24.3 Å². The minimum Gasteiger partial charge on any atom is -0.497 e. The third-order valence-electron chi connectivity index (χ3n) is 4.12. The molecule has 23 heavy (non-hydrogen) atoms. The molecule has 0 aromatic heterocycles. The van der Waals surface area contributed by atoms with Gasteiger partial charge in [-0.3, -0.25) is 9.69 Å². The van der Waals surface area contributed by atoms with Crippen LogP contribution in [0, 0.1) is 0 Å². The van der Waals surface area contributed by atoms with Crippen LogP contribution < -0.4 is 4.74 Å². The largest absolute Gasteiger partial charge is 0.497 e. The number of carbonyl (C=O) groups is 1. The van der Waals surface area contributed by atoms with Crippen molar-refractivity contribution in [2.45, 2.75) is 25.7 Å². The molecule has 0 saturated carbocycles. The zero-order valence-corrected chi connectivity index (χ0v) is 13.5. The van der Waals surface area contributed by atoms with Crippen LogP contribution >= 0.6 is 0 Å². The zero-order valence-electron chi connectivity index (χ0n) is 13.5. The molecule has 1 fully saturated rings. The predicted octanol–water partition coefficient (Wildman–Crippen LogP) is 2.43. The summed E-state index contributed by atoms with van der Waals surface area (Å²) in [6.45, 7) is 2.15. The number of hydrogen-bond acceptors (Lipinski definition) is 3. The lowest BCUT2D eigenvalue weighted by atomic mass is 10.1. The zero-order chi connectivity index (χ0) is 16.7. The molecule has 4 nitrogen and oxygen atoms in total. The number of methoxy groups -OCH3 is 1. The second-order valence-corrected chi connectivity index (χ2v) is 5.77. The van der Waals surface area contributed by atoms with Gasteiger partial charge in [0.25, 0.3) is 6.43 Å². The first-order chi connectivity index (χ1) is 11.1. The van der Waals surface area contributed by atoms with Crippen LogP contribution in [0.25, 0.3) is 0 Å². The van der Waals surface area contributed by atoms with Crippen LogP contribution in [-0.2, 0) is 11.2 Å². The molecule has 1 saturated heterocycles. The van der Waals surface area contributed by atoms with Crippen molar-refractivity contribution in [3.8, 4) is 5.75 Å². The van der Waals surface area contributed by atoms with Gasteiger partial charge >= 0.3 is 0 Å². The Morgan fingerprint density at radius 3 is 2.57 bits per heavy atom. The van der Waals surface area contributed by atoms with Gasteiger partial charge in [-0.2, -0.15) is 0 Å². The molecule has 1 aromatic rings. The van der Waals surface area contributed by atoms with E-state index in [4.69, 9.17) is 4.74 Å². The Bertz CT molecular complexity index is 494. The summed E-state index contributed by atoms with van der Waals surface area (Å²) >= 11 is 0. The van der Waals surface area contributed by atoms with Crippen LogP contribution in [0.4, 0.5) is 8.78 Å². The number of hydrogen-bond donors (Lipinski definition) is 0. The van der Waals surface area contributed by atoms with Crippen molar-refractivity contribution < 1.29 is 18.3 Å². The van der Waals surface area contributed by atoms with Crippen molar-refractivity contribution in [2.75, 3.05) is 39.8 Å². The molecule has 0 aliphatic carbocycles. The SMILES string of the molecule is COc1ccc(CCC(=O)N2CCCN(CC(F)F)CC2)cc1. The number of alkyl halides is 2. The maximum Gasteiger partial charge on any atom is 0.251 e. The molecule has 1 amide bonds. The van der Waals surface area contributed by atoms with Crippen molar-refractivity contribution >= 4 is 5.91 Å². The Labute approximate surface area is 136 Å². The van der Waals surface area contributed by atoms with Crippen LogP contribution in [0.5, 0.6) is 5.75 Å². The van der Waals surface area contributed by atoms with Gasteiger partial charge in [0.15, 0.2) is 0 Å². The molecule has 1 aromatic carbocycles. The van der Waals surface area contributed by atoms with E-state index in [1.807, 2.05) is 24.3 Å². The monoisotopic (exact) mass is 326 g/mol. The highest BCUT2D eigenvalue weighted by atomic mass is 19.3. The molecule has 0 atom stereocenters. The number of nitrogens with zero attached hydrogens (tertiary/aromatic N) is 2. The van der Waals surface area contributed by atoms with E-state index < -0.39 is 6.43 Å². The third kappa shape index (κ3) is 5.78. The number of aryl methyl sites for hydroxylation is 1. The fourth-order valence-corrected chi connectivity index (χ4v) is 2.80. The highest BCUT2D eigenvalue weighted by molar-refractivity contribution is 5.76. The number of rotatable bonds is 6. The van der Waals surface area contributed by atoms with Gasteiger partial charge in [0.2, 0.25) is 5.91 Å². The standard InChI is InChI=1S/C17H24F2N2O2/c1-23-15-6-3-14(4-7-15)5-8-17(22)21-10-2-9-20(11-12-21)13-16(18)19/h3-4,6-7,16H,2,5,8-13H2,1H3. The van der Waals surface area contributed by atoms with Crippen LogP contribution in [0.3, 0.4) is 0 Å². The fraction of sp³-hybridized carbons (Fsp3) is 0.588. The number of carbonyl (C=O) groups excluding carboxylic acids is 1. The van der Waals surface area contributed by atoms with E-state index in [0.29, 0.717) is 39.0 Å². The van der Waals surface area contributed by atoms with Crippen molar-refractivity contribution in [3.05, 3.63) is 29.8 Å². The molecule has 1 heterocycles. The van der Waals surface area contributed by atoms with Crippen LogP contribution in [-0.4, -0.2) is 62.0 Å². The van der Waals surface area contributed by atoms with Gasteiger partial charge in [-0.25, -0.2) is 8.78 Å². The maximum absolute atomic E-state index is 12.4. The molecule has 0 radical (unpaired) electrons. The van der Waals surface area contributed by atoms with E-state index >= 15 is 0 Å². The van der Waals surface area contributed by atoms with Crippen molar-refractivity contribution in [3.63, 3.8) is 0 Å². The van der Waals surface area contributed by atoms with Crippen LogP contribution in [0.1, 0.15) is 18.4 Å². The molecule has 1 aliphatic heterocycles. The van der Waals surface area contributed by atoms with Gasteiger partial charge in [-0.15, -0.1) is 0 Å². The predicted molar refractivity (Wildman–Crippen MR) is 85.0 cm³/mol. The molecule has 6 heteroatoms. The summed E-state index contributed by atoms with van der Waals surface area (Å²) in [6.07, 6.45) is -0.435. The van der Waals surface area contributed by atoms with E-state index in [1.165, 1.54) is 0 Å². The van der Waals surface area contributed by atoms with Crippen molar-refractivity contribution in [2.24, 2.45) is 0 Å². The van der Waals surface area contributed by atoms with Gasteiger partial charge < -0.3 is 9.64 Å². The topological polar surface area (TPSA) is 32.8 Å². The first-order valence-corrected chi connectivity index (χ1v) is 7.99. The smallest absolute Gasteiger partial charge is 0.251 e. The van der Waals surface area contributed by atoms with E-state index in [1.54, 1.807) is 16.9 Å². The minimum atomic E-state index is -2.31. The van der Waals surface area contributed by atoms with Crippen molar-refractivity contribution in [1.82, 2.24) is 9.80 Å². The molecule has 0 bridgehead atoms. The molecule has 128 valence electrons. The van der Waals surface area contributed by atoms with Gasteiger partial charge in [0.05, 0.1) is 13.7 Å². The molecular formula is C17H24F2N2O2. The maximum atomic E-state index is 12.4. The number of ether oxygens (including phenoxy) is 1. The average Bonchev–Trinajstić information content (AvgIpc) is 2.78. The molecule has 0 spiro atoms. The summed E-state index contributed by atoms with van der Waals surface area (Å²) in [4.78, 5) is 15.8. The quantitative estimate of drug-likeness (QED) is 0.805. The van der Waals surface area contributed by atoms with E-state index in [0.717, 1.165) is 17.7 Å². The highest BCUT2D eigenvalue weighted by Crippen LogP contribution is 2.14. The summed E-state index contributed by atoms with van der Waals surface area (Å²) < 4.78 is 30.0. The Balaban J connectivity index is 1.78. The lowest BCUT2D eigenvalue weighted by Crippen LogP contribution is -2.36. The second-order valence-electron chi connectivity index (χ2n) is 5.77. The summed E-state index contributed by atoms with van der Waals surface area (Å²) in [5.41, 5.74) is 1.09. The van der Waals surface area contributed by atoms with Crippen LogP contribution in [0.2, 0.25) is 0 Å². The first kappa shape index (κ1) is 17.7. The molecular weight excluding hydrogens is 302 g/mol. The normalized spacial score (nSPS) is 16.4. The molecule has 1 aliphatic rings. The number of amides is 1. The Morgan fingerprint density at radius 2 is 1.91 bits per heavy atom. The Morgan fingerprint density at radius 1 is 1.17 bits per heavy atom. The van der Waals surface area contributed by atoms with Gasteiger partial charge in [0.1, 0.15) is 5.75 Å². The van der Waals surface area contributed by atoms with E-state index in [-0.39, 0.29) is 12.5 Å². The Hall–Kier alpha value is -1.69. The summed E-state index contributed by atoms with van der Waals surface area (Å²) in [5, 5.41) is 0. The molecule has 2 rings (SSSR count). The first-order valence-electron chi connectivity index (χ1n) is 7.99. The van der Waals surface area contributed by atoms with Gasteiger partial charge in [0, 0.05) is 32.6 Å². The number of halogens is 2. The lowest BCUT2D eigenvalue weighted by molar-refractivity contribution is -0.131. The Kier molecular flexibility index (Phi) is 6.77. The minimum absolute atomic E-state index is 0.0970. The summed E-state index contributed by atoms with van der Waals surface area (Å²) in [6, 6.07) is 7.68. The summed E-state index contributed by atoms with van der Waals surface area (Å²) in [7, 11) is 1.62. The van der Waals surface area contributed by atoms with Gasteiger partial charge in [-0.05, 0) is 30.5 Å². The summed E-state index contributed by atoms with van der Waals surface area (Å²) in [5.74, 6) is 0.895. The van der Waals surface area contributed by atoms with Gasteiger partial charge in [-0.1, -0.05) is 12.1 Å². The fourth-order valence-electron chi connectivity index (χ4n) is 2.80. The second kappa shape index (κ2) is 8.82. The number of benzene rings is 1. The average molecular weight is 326 g/mol. The lowest BCUT2D eigenvalue weighted by Gasteiger charge is -2.21.